The lowest BCUT2D eigenvalue weighted by Gasteiger charge is -2.70. The fourth-order valence-corrected chi connectivity index (χ4v) is 10.9. The molecular weight excluding hydrogens is 478 g/mol. The van der Waals surface area contributed by atoms with Gasteiger partial charge in [-0.15, -0.1) is 12.4 Å². The summed E-state index contributed by atoms with van der Waals surface area (Å²) in [4.78, 5) is 2.39. The van der Waals surface area contributed by atoms with Crippen LogP contribution in [0.25, 0.3) is 0 Å². The Morgan fingerprint density at radius 2 is 1.60 bits per heavy atom. The molecule has 202 valence electrons. The van der Waals surface area contributed by atoms with Crippen LogP contribution in [0.2, 0.25) is 0 Å². The van der Waals surface area contributed by atoms with E-state index in [0.717, 1.165) is 6.54 Å². The standard InChI is InChI=1S/C25H41NO8.ClH/c1-6-26-10-22(11-31-2)13(27)7-14(32-3)25-12-8-23(29)15(33-4)9-24(30,16(12)21(23)28)17(20(25)26)18(34-5)19(22)25;/h12-21,27-30H,6-11H2,1-5H3;1H/t12-,13?,14?,15?,16-,17+,18?,19-,20-,21?,22+,23+,24-,25+;/m1./s1. The molecule has 0 amide bonds. The molecule has 1 heterocycles. The molecule has 6 rings (SSSR count). The smallest absolute Gasteiger partial charge is 0.117 e. The van der Waals surface area contributed by atoms with E-state index >= 15 is 0 Å². The van der Waals surface area contributed by atoms with Gasteiger partial charge in [0.25, 0.3) is 0 Å². The average molecular weight is 520 g/mol. The Labute approximate surface area is 213 Å². The van der Waals surface area contributed by atoms with Gasteiger partial charge in [-0.2, -0.15) is 0 Å². The molecule has 1 aliphatic heterocycles. The number of hydrogen-bond acceptors (Lipinski definition) is 9. The number of fused-ring (bicyclic) bond motifs is 2. The summed E-state index contributed by atoms with van der Waals surface area (Å²) in [6.07, 6.45) is -2.06. The molecule has 9 nitrogen and oxygen atoms in total. The molecule has 5 unspecified atom stereocenters. The summed E-state index contributed by atoms with van der Waals surface area (Å²) in [6.45, 7) is 3.88. The van der Waals surface area contributed by atoms with Gasteiger partial charge in [-0.25, -0.2) is 0 Å². The van der Waals surface area contributed by atoms with Crippen LogP contribution < -0.4 is 0 Å². The van der Waals surface area contributed by atoms with Gasteiger partial charge in [-0.3, -0.25) is 4.90 Å². The van der Waals surface area contributed by atoms with Gasteiger partial charge in [0.05, 0.1) is 42.7 Å². The fraction of sp³-hybridized carbons (Fsp3) is 1.00. The first-order valence-electron chi connectivity index (χ1n) is 12.8. The highest BCUT2D eigenvalue weighted by Gasteiger charge is 2.89. The third-order valence-electron chi connectivity index (χ3n) is 11.6. The van der Waals surface area contributed by atoms with Crippen molar-refractivity contribution in [3.05, 3.63) is 0 Å². The van der Waals surface area contributed by atoms with Crippen molar-refractivity contribution in [3.63, 3.8) is 0 Å². The van der Waals surface area contributed by atoms with Crippen LogP contribution in [0.1, 0.15) is 26.2 Å². The first-order chi connectivity index (χ1) is 16.2. The minimum Gasteiger partial charge on any atom is -0.392 e. The molecule has 14 atom stereocenters. The number of hydrogen-bond donors (Lipinski definition) is 4. The highest BCUT2D eigenvalue weighted by molar-refractivity contribution is 5.85. The molecule has 0 aromatic rings. The van der Waals surface area contributed by atoms with Crippen LogP contribution in [0.3, 0.4) is 0 Å². The van der Waals surface area contributed by atoms with Crippen LogP contribution in [-0.4, -0.2) is 121 Å². The zero-order valence-electron chi connectivity index (χ0n) is 21.3. The fourth-order valence-electron chi connectivity index (χ4n) is 10.9. The normalized spacial score (nSPS) is 59.9. The second kappa shape index (κ2) is 8.21. The summed E-state index contributed by atoms with van der Waals surface area (Å²) in [5.74, 6) is -1.20. The predicted molar refractivity (Wildman–Crippen MR) is 127 cm³/mol. The van der Waals surface area contributed by atoms with Crippen molar-refractivity contribution in [2.45, 2.75) is 73.9 Å². The van der Waals surface area contributed by atoms with Gasteiger partial charge in [0, 0.05) is 82.5 Å². The molecular formula is C25H42ClNO8. The lowest BCUT2D eigenvalue weighted by atomic mass is 9.42. The minimum absolute atomic E-state index is 0. The lowest BCUT2D eigenvalue weighted by molar-refractivity contribution is -0.298. The number of ether oxygens (including phenoxy) is 4. The molecule has 4 N–H and O–H groups in total. The Balaban J connectivity index is 0.00000253. The van der Waals surface area contributed by atoms with Crippen molar-refractivity contribution in [1.29, 1.82) is 0 Å². The summed E-state index contributed by atoms with van der Waals surface area (Å²) < 4.78 is 24.0. The van der Waals surface area contributed by atoms with Crippen molar-refractivity contribution < 1.29 is 39.4 Å². The number of rotatable bonds is 6. The van der Waals surface area contributed by atoms with Crippen LogP contribution in [0.4, 0.5) is 0 Å². The van der Waals surface area contributed by atoms with Crippen LogP contribution in [-0.2, 0) is 18.9 Å². The molecule has 1 spiro atoms. The van der Waals surface area contributed by atoms with E-state index in [9.17, 15) is 20.4 Å². The zero-order chi connectivity index (χ0) is 24.4. The highest BCUT2D eigenvalue weighted by atomic mass is 35.5. The number of halogens is 1. The summed E-state index contributed by atoms with van der Waals surface area (Å²) in [6, 6.07) is -0.0636. The van der Waals surface area contributed by atoms with Crippen LogP contribution in [0.15, 0.2) is 0 Å². The Hall–Kier alpha value is -0.0700. The largest absolute Gasteiger partial charge is 0.392 e. The van der Waals surface area contributed by atoms with Crippen molar-refractivity contribution in [1.82, 2.24) is 4.90 Å². The van der Waals surface area contributed by atoms with E-state index in [0.29, 0.717) is 26.0 Å². The maximum atomic E-state index is 12.6. The number of aliphatic hydroxyl groups is 4. The molecule has 35 heavy (non-hydrogen) atoms. The third kappa shape index (κ3) is 2.62. The van der Waals surface area contributed by atoms with Gasteiger partial charge in [0.1, 0.15) is 5.60 Å². The molecule has 0 radical (unpaired) electrons. The van der Waals surface area contributed by atoms with Gasteiger partial charge in [-0.1, -0.05) is 6.92 Å². The number of piperidine rings is 1. The van der Waals surface area contributed by atoms with Crippen molar-refractivity contribution in [2.75, 3.05) is 48.1 Å². The van der Waals surface area contributed by atoms with Gasteiger partial charge in [0.2, 0.25) is 0 Å². The van der Waals surface area contributed by atoms with E-state index in [1.165, 1.54) is 0 Å². The molecule has 5 saturated carbocycles. The molecule has 5 aliphatic carbocycles. The Kier molecular flexibility index (Phi) is 6.23. The van der Waals surface area contributed by atoms with Crippen molar-refractivity contribution >= 4 is 12.4 Å². The molecule has 0 aromatic heterocycles. The highest BCUT2D eigenvalue weighted by Crippen LogP contribution is 2.79. The van der Waals surface area contributed by atoms with Gasteiger partial charge in [-0.05, 0) is 18.9 Å². The van der Waals surface area contributed by atoms with Crippen molar-refractivity contribution in [2.24, 2.45) is 34.5 Å². The first kappa shape index (κ1) is 26.5. The Morgan fingerprint density at radius 1 is 0.914 bits per heavy atom. The molecule has 7 bridgehead atoms. The summed E-state index contributed by atoms with van der Waals surface area (Å²) in [5, 5.41) is 47.6. The number of aliphatic hydroxyl groups excluding tert-OH is 2. The zero-order valence-corrected chi connectivity index (χ0v) is 22.1. The van der Waals surface area contributed by atoms with E-state index in [1.54, 1.807) is 28.4 Å². The number of likely N-dealkylation sites (tertiary alicyclic amines) is 1. The average Bonchev–Trinajstić information content (AvgIpc) is 3.17. The van der Waals surface area contributed by atoms with Crippen molar-refractivity contribution in [3.8, 4) is 0 Å². The lowest BCUT2D eigenvalue weighted by Crippen LogP contribution is -2.78. The summed E-state index contributed by atoms with van der Waals surface area (Å²) >= 11 is 0. The number of nitrogens with zero attached hydrogens (tertiary/aromatic N) is 1. The topological polar surface area (TPSA) is 121 Å². The third-order valence-corrected chi connectivity index (χ3v) is 11.6. The SMILES string of the molecule is CCN1C[C@]2(COC)C(O)CC(OC)[C@@]34[C@@H]5C[C@]6(O)C(OC)C[C@@](O)([C@H]5C6O)[C@@H](C(OC)[C@H]23)[C@@H]14.Cl. The van der Waals surface area contributed by atoms with Crippen LogP contribution in [0.5, 0.6) is 0 Å². The Morgan fingerprint density at radius 3 is 2.17 bits per heavy atom. The van der Waals surface area contributed by atoms with E-state index in [2.05, 4.69) is 11.8 Å². The van der Waals surface area contributed by atoms with E-state index in [1.807, 2.05) is 0 Å². The minimum atomic E-state index is -1.43. The number of methoxy groups -OCH3 is 4. The van der Waals surface area contributed by atoms with Gasteiger partial charge < -0.3 is 39.4 Å². The summed E-state index contributed by atoms with van der Waals surface area (Å²) in [5.41, 5.74) is -3.83. The second-order valence-corrected chi connectivity index (χ2v) is 12.0. The van der Waals surface area contributed by atoms with E-state index in [-0.39, 0.29) is 54.8 Å². The van der Waals surface area contributed by atoms with E-state index < -0.39 is 46.3 Å². The van der Waals surface area contributed by atoms with Crippen LogP contribution in [0, 0.1) is 34.5 Å². The molecule has 6 aliphatic rings. The predicted octanol–water partition coefficient (Wildman–Crippen LogP) is -0.336. The summed E-state index contributed by atoms with van der Waals surface area (Å²) in [7, 11) is 6.61. The monoisotopic (exact) mass is 519 g/mol. The van der Waals surface area contributed by atoms with Crippen LogP contribution >= 0.6 is 12.4 Å². The van der Waals surface area contributed by atoms with Gasteiger partial charge in [0.15, 0.2) is 0 Å². The Bertz CT molecular complexity index is 852. The second-order valence-electron chi connectivity index (χ2n) is 12.0. The van der Waals surface area contributed by atoms with Gasteiger partial charge >= 0.3 is 0 Å². The maximum absolute atomic E-state index is 12.6. The quantitative estimate of drug-likeness (QED) is 0.373. The molecule has 6 fully saturated rings. The molecule has 1 saturated heterocycles. The molecule has 0 aromatic carbocycles. The first-order valence-corrected chi connectivity index (χ1v) is 12.8. The maximum Gasteiger partial charge on any atom is 0.117 e. The van der Waals surface area contributed by atoms with E-state index in [4.69, 9.17) is 18.9 Å². The molecule has 10 heteroatoms.